The van der Waals surface area contributed by atoms with Gasteiger partial charge in [0, 0.05) is 35.8 Å². The van der Waals surface area contributed by atoms with Gasteiger partial charge in [-0.3, -0.25) is 0 Å². The lowest BCUT2D eigenvalue weighted by molar-refractivity contribution is 0.398. The van der Waals surface area contributed by atoms with Crippen LogP contribution >= 0.6 is 11.6 Å². The Kier molecular flexibility index (Phi) is 5.28. The molecule has 6 nitrogen and oxygen atoms in total. The Morgan fingerprint density at radius 2 is 1.96 bits per heavy atom. The van der Waals surface area contributed by atoms with Gasteiger partial charge >= 0.3 is 0 Å². The molecule has 132 valence electrons. The lowest BCUT2D eigenvalue weighted by Crippen LogP contribution is -2.06. The molecule has 2 heterocycles. The molecule has 1 aromatic carbocycles. The Balaban J connectivity index is 1.63. The molecule has 0 amide bonds. The zero-order valence-corrected chi connectivity index (χ0v) is 15.3. The molecular formula is C18H21ClN4O2. The number of hydrogen-bond donors (Lipinski definition) is 2. The van der Waals surface area contributed by atoms with Crippen LogP contribution in [0.2, 0.25) is 5.15 Å². The molecule has 0 bridgehead atoms. The van der Waals surface area contributed by atoms with E-state index in [1.807, 2.05) is 19.1 Å². The third-order valence-corrected chi connectivity index (χ3v) is 4.11. The lowest BCUT2D eigenvalue weighted by atomic mass is 10.2. The maximum Gasteiger partial charge on any atom is 0.134 e. The minimum atomic E-state index is 0.451. The van der Waals surface area contributed by atoms with Gasteiger partial charge in [-0.2, -0.15) is 0 Å². The van der Waals surface area contributed by atoms with Crippen molar-refractivity contribution in [2.75, 3.05) is 26.1 Å². The van der Waals surface area contributed by atoms with E-state index in [1.54, 1.807) is 20.3 Å². The molecule has 0 atom stereocenters. The fraction of sp³-hybridized carbons (Fsp3) is 0.333. The first-order valence-corrected chi connectivity index (χ1v) is 8.45. The van der Waals surface area contributed by atoms with E-state index in [-0.39, 0.29) is 0 Å². The minimum Gasteiger partial charge on any atom is -0.497 e. The molecule has 25 heavy (non-hydrogen) atoms. The number of benzene rings is 1. The number of aryl methyl sites for hydroxylation is 2. The van der Waals surface area contributed by atoms with Gasteiger partial charge in [-0.1, -0.05) is 11.6 Å². The summed E-state index contributed by atoms with van der Waals surface area (Å²) >= 11 is 5.94. The number of aromatic amines is 1. The monoisotopic (exact) mass is 360 g/mol. The molecule has 0 fully saturated rings. The number of nitrogens with zero attached hydrogens (tertiary/aromatic N) is 2. The van der Waals surface area contributed by atoms with Crippen molar-refractivity contribution >= 4 is 28.3 Å². The predicted molar refractivity (Wildman–Crippen MR) is 100.0 cm³/mol. The quantitative estimate of drug-likeness (QED) is 0.492. The fourth-order valence-electron chi connectivity index (χ4n) is 2.78. The number of hydrogen-bond acceptors (Lipinski definition) is 5. The van der Waals surface area contributed by atoms with Crippen LogP contribution in [-0.2, 0) is 6.42 Å². The summed E-state index contributed by atoms with van der Waals surface area (Å²) in [6.45, 7) is 2.62. The Morgan fingerprint density at radius 3 is 2.68 bits per heavy atom. The molecular weight excluding hydrogens is 340 g/mol. The fourth-order valence-corrected chi connectivity index (χ4v) is 3.00. The highest BCUT2D eigenvalue weighted by Crippen LogP contribution is 2.31. The number of aromatic nitrogens is 3. The smallest absolute Gasteiger partial charge is 0.134 e. The van der Waals surface area contributed by atoms with Gasteiger partial charge in [-0.05, 0) is 25.8 Å². The Bertz CT molecular complexity index is 859. The highest BCUT2D eigenvalue weighted by atomic mass is 35.5. The van der Waals surface area contributed by atoms with Gasteiger partial charge in [0.1, 0.15) is 28.3 Å². The molecule has 0 aliphatic rings. The van der Waals surface area contributed by atoms with Gasteiger partial charge in [-0.25, -0.2) is 9.97 Å². The average molecular weight is 361 g/mol. The Labute approximate surface area is 151 Å². The van der Waals surface area contributed by atoms with E-state index >= 15 is 0 Å². The summed E-state index contributed by atoms with van der Waals surface area (Å²) in [6.07, 6.45) is 1.86. The number of fused-ring (bicyclic) bond motifs is 1. The number of methoxy groups -OCH3 is 2. The van der Waals surface area contributed by atoms with Crippen molar-refractivity contribution < 1.29 is 9.47 Å². The summed E-state index contributed by atoms with van der Waals surface area (Å²) < 4.78 is 10.8. The summed E-state index contributed by atoms with van der Waals surface area (Å²) in [7, 11) is 3.32. The number of H-pyrrole nitrogens is 1. The molecule has 0 radical (unpaired) electrons. The van der Waals surface area contributed by atoms with Crippen molar-refractivity contribution in [1.29, 1.82) is 0 Å². The maximum atomic E-state index is 5.94. The first-order chi connectivity index (χ1) is 12.1. The minimum absolute atomic E-state index is 0.451. The number of anilines is 1. The van der Waals surface area contributed by atoms with Crippen LogP contribution < -0.4 is 14.8 Å². The predicted octanol–water partition coefficient (Wildman–Crippen LogP) is 3.98. The normalized spacial score (nSPS) is 10.9. The van der Waals surface area contributed by atoms with E-state index in [1.165, 1.54) is 0 Å². The van der Waals surface area contributed by atoms with Gasteiger partial charge < -0.3 is 19.8 Å². The molecule has 0 aliphatic carbocycles. The number of ether oxygens (including phenoxy) is 2. The van der Waals surface area contributed by atoms with E-state index in [4.69, 9.17) is 21.1 Å². The average Bonchev–Trinajstić information content (AvgIpc) is 2.99. The molecule has 7 heteroatoms. The molecule has 3 rings (SSSR count). The summed E-state index contributed by atoms with van der Waals surface area (Å²) in [5.74, 6) is 2.99. The maximum absolute atomic E-state index is 5.94. The highest BCUT2D eigenvalue weighted by molar-refractivity contribution is 6.29. The van der Waals surface area contributed by atoms with Crippen molar-refractivity contribution in [3.8, 4) is 11.5 Å². The topological polar surface area (TPSA) is 72.1 Å². The molecule has 0 aliphatic heterocycles. The van der Waals surface area contributed by atoms with Gasteiger partial charge in [0.05, 0.1) is 19.7 Å². The number of nitrogens with one attached hydrogen (secondary N) is 2. The summed E-state index contributed by atoms with van der Waals surface area (Å²) in [5.41, 5.74) is 2.16. The second-order valence-corrected chi connectivity index (χ2v) is 6.13. The van der Waals surface area contributed by atoms with Crippen LogP contribution in [0.15, 0.2) is 24.3 Å². The first-order valence-electron chi connectivity index (χ1n) is 8.07. The van der Waals surface area contributed by atoms with E-state index in [0.717, 1.165) is 53.3 Å². The molecule has 0 saturated heterocycles. The summed E-state index contributed by atoms with van der Waals surface area (Å²) in [6, 6.07) is 7.72. The second kappa shape index (κ2) is 7.61. The number of halogens is 1. The van der Waals surface area contributed by atoms with E-state index in [9.17, 15) is 0 Å². The van der Waals surface area contributed by atoms with Crippen molar-refractivity contribution in [2.24, 2.45) is 0 Å². The third kappa shape index (κ3) is 4.14. The van der Waals surface area contributed by atoms with Crippen molar-refractivity contribution in [3.05, 3.63) is 40.9 Å². The van der Waals surface area contributed by atoms with Gasteiger partial charge in [0.25, 0.3) is 0 Å². The largest absolute Gasteiger partial charge is 0.497 e. The molecule has 0 saturated carbocycles. The highest BCUT2D eigenvalue weighted by Gasteiger charge is 2.09. The van der Waals surface area contributed by atoms with Crippen molar-refractivity contribution in [1.82, 2.24) is 15.0 Å². The Morgan fingerprint density at radius 1 is 1.12 bits per heavy atom. The zero-order valence-electron chi connectivity index (χ0n) is 14.5. The van der Waals surface area contributed by atoms with Gasteiger partial charge in [0.15, 0.2) is 0 Å². The molecule has 3 aromatic rings. The molecule has 0 spiro atoms. The molecule has 2 aromatic heterocycles. The molecule has 2 N–H and O–H groups in total. The van der Waals surface area contributed by atoms with Crippen LogP contribution in [0.3, 0.4) is 0 Å². The van der Waals surface area contributed by atoms with Gasteiger partial charge in [0.2, 0.25) is 0 Å². The van der Waals surface area contributed by atoms with Crippen molar-refractivity contribution in [2.45, 2.75) is 19.8 Å². The van der Waals surface area contributed by atoms with Crippen LogP contribution in [0.5, 0.6) is 11.5 Å². The number of rotatable bonds is 7. The van der Waals surface area contributed by atoms with E-state index in [0.29, 0.717) is 11.0 Å². The SMILES string of the molecule is COc1cc(OC)c2cc(CCCNc3cc(Cl)nc(C)n3)[nH]c2c1. The second-order valence-electron chi connectivity index (χ2n) is 5.74. The summed E-state index contributed by atoms with van der Waals surface area (Å²) in [4.78, 5) is 11.8. The summed E-state index contributed by atoms with van der Waals surface area (Å²) in [5, 5.41) is 4.79. The van der Waals surface area contributed by atoms with E-state index in [2.05, 4.69) is 26.3 Å². The standard InChI is InChI=1S/C18H21ClN4O2/c1-11-21-17(19)10-18(22-11)20-6-4-5-12-7-14-15(23-12)8-13(24-2)9-16(14)25-3/h7-10,23H,4-6H2,1-3H3,(H,20,21,22). The molecule has 0 unspecified atom stereocenters. The zero-order chi connectivity index (χ0) is 17.8. The van der Waals surface area contributed by atoms with Gasteiger partial charge in [-0.15, -0.1) is 0 Å². The van der Waals surface area contributed by atoms with Crippen LogP contribution in [-0.4, -0.2) is 35.7 Å². The lowest BCUT2D eigenvalue weighted by Gasteiger charge is -2.06. The van der Waals surface area contributed by atoms with Crippen LogP contribution in [0.1, 0.15) is 17.9 Å². The van der Waals surface area contributed by atoms with Crippen LogP contribution in [0.25, 0.3) is 10.9 Å². The van der Waals surface area contributed by atoms with Crippen LogP contribution in [0.4, 0.5) is 5.82 Å². The van der Waals surface area contributed by atoms with E-state index < -0.39 is 0 Å². The Hall–Kier alpha value is -2.47. The van der Waals surface area contributed by atoms with Crippen molar-refractivity contribution in [3.63, 3.8) is 0 Å². The first kappa shape index (κ1) is 17.4. The van der Waals surface area contributed by atoms with Crippen LogP contribution in [0, 0.1) is 6.92 Å². The third-order valence-electron chi connectivity index (χ3n) is 3.92.